The van der Waals surface area contributed by atoms with Gasteiger partial charge in [0.15, 0.2) is 5.11 Å². The van der Waals surface area contributed by atoms with Gasteiger partial charge >= 0.3 is 5.97 Å². The minimum absolute atomic E-state index is 0.270. The molecule has 2 aromatic carbocycles. The van der Waals surface area contributed by atoms with Gasteiger partial charge < -0.3 is 10.1 Å². The van der Waals surface area contributed by atoms with Gasteiger partial charge in [-0.05, 0) is 49.0 Å². The zero-order valence-corrected chi connectivity index (χ0v) is 14.6. The molecule has 0 unspecified atom stereocenters. The molecule has 1 heterocycles. The van der Waals surface area contributed by atoms with Crippen LogP contribution in [0.25, 0.3) is 6.08 Å². The number of carbonyl (C=O) groups excluding carboxylic acids is 2. The Labute approximate surface area is 150 Å². The van der Waals surface area contributed by atoms with Crippen molar-refractivity contribution in [2.24, 2.45) is 0 Å². The fourth-order valence-corrected chi connectivity index (χ4v) is 2.84. The molecule has 1 saturated heterocycles. The Kier molecular flexibility index (Phi) is 4.63. The van der Waals surface area contributed by atoms with Crippen LogP contribution in [0.1, 0.15) is 21.5 Å². The number of nitrogens with zero attached hydrogens (tertiary/aromatic N) is 1. The Morgan fingerprint density at radius 3 is 2.52 bits per heavy atom. The standard InChI is InChI=1S/C19H16N2O3S/c1-12-7-9-14(10-8-12)21-17(22)16(20-19(21)25)11-13-5-3-4-6-15(13)18(23)24-2/h3-11H,1-2H3,(H,20,25)/b16-11-. The highest BCUT2D eigenvalue weighted by atomic mass is 32.1. The van der Waals surface area contributed by atoms with Gasteiger partial charge in [-0.1, -0.05) is 35.9 Å². The van der Waals surface area contributed by atoms with Gasteiger partial charge in [-0.25, -0.2) is 4.79 Å². The van der Waals surface area contributed by atoms with E-state index in [1.807, 2.05) is 31.2 Å². The fraction of sp³-hybridized carbons (Fsp3) is 0.105. The van der Waals surface area contributed by atoms with Crippen molar-refractivity contribution in [3.63, 3.8) is 0 Å². The van der Waals surface area contributed by atoms with Crippen LogP contribution in [0, 0.1) is 6.92 Å². The third-order valence-corrected chi connectivity index (χ3v) is 4.12. The predicted molar refractivity (Wildman–Crippen MR) is 100 cm³/mol. The van der Waals surface area contributed by atoms with Crippen LogP contribution >= 0.6 is 12.2 Å². The number of ether oxygens (including phenoxy) is 1. The summed E-state index contributed by atoms with van der Waals surface area (Å²) >= 11 is 5.29. The first-order valence-corrected chi connectivity index (χ1v) is 8.03. The van der Waals surface area contributed by atoms with E-state index in [9.17, 15) is 9.59 Å². The van der Waals surface area contributed by atoms with Crippen molar-refractivity contribution in [2.45, 2.75) is 6.92 Å². The lowest BCUT2D eigenvalue weighted by Crippen LogP contribution is -2.30. The molecule has 0 radical (unpaired) electrons. The van der Waals surface area contributed by atoms with Crippen LogP contribution in [-0.4, -0.2) is 24.1 Å². The smallest absolute Gasteiger partial charge is 0.338 e. The number of thiocarbonyl (C=S) groups is 1. The zero-order chi connectivity index (χ0) is 18.0. The summed E-state index contributed by atoms with van der Waals surface area (Å²) in [6.07, 6.45) is 1.61. The lowest BCUT2D eigenvalue weighted by molar-refractivity contribution is -0.113. The minimum atomic E-state index is -0.462. The number of nitrogens with one attached hydrogen (secondary N) is 1. The molecular weight excluding hydrogens is 336 g/mol. The summed E-state index contributed by atoms with van der Waals surface area (Å²) in [6, 6.07) is 14.4. The molecule has 1 fully saturated rings. The second-order valence-electron chi connectivity index (χ2n) is 5.54. The maximum atomic E-state index is 12.7. The summed E-state index contributed by atoms with van der Waals surface area (Å²) in [5.41, 5.74) is 3.06. The molecule has 5 nitrogen and oxygen atoms in total. The van der Waals surface area contributed by atoms with Gasteiger partial charge in [-0.2, -0.15) is 0 Å². The summed E-state index contributed by atoms with van der Waals surface area (Å²) in [7, 11) is 1.32. The highest BCUT2D eigenvalue weighted by Gasteiger charge is 2.32. The van der Waals surface area contributed by atoms with E-state index in [0.717, 1.165) is 5.56 Å². The second kappa shape index (κ2) is 6.86. The van der Waals surface area contributed by atoms with Crippen LogP contribution in [0.5, 0.6) is 0 Å². The molecule has 0 saturated carbocycles. The number of esters is 1. The van der Waals surface area contributed by atoms with Crippen molar-refractivity contribution < 1.29 is 14.3 Å². The number of amides is 1. The molecular formula is C19H16N2O3S. The van der Waals surface area contributed by atoms with Crippen molar-refractivity contribution >= 4 is 41.0 Å². The van der Waals surface area contributed by atoms with Crippen molar-refractivity contribution in [3.8, 4) is 0 Å². The molecule has 126 valence electrons. The molecule has 0 aromatic heterocycles. The van der Waals surface area contributed by atoms with Gasteiger partial charge in [0.2, 0.25) is 0 Å². The largest absolute Gasteiger partial charge is 0.465 e. The first-order valence-electron chi connectivity index (χ1n) is 7.62. The molecule has 1 aliphatic rings. The molecule has 1 aliphatic heterocycles. The Hall–Kier alpha value is -2.99. The maximum absolute atomic E-state index is 12.7. The van der Waals surface area contributed by atoms with Crippen molar-refractivity contribution in [1.82, 2.24) is 5.32 Å². The van der Waals surface area contributed by atoms with E-state index in [1.54, 1.807) is 30.3 Å². The normalized spacial score (nSPS) is 15.4. The van der Waals surface area contributed by atoms with Crippen molar-refractivity contribution in [3.05, 3.63) is 70.9 Å². The minimum Gasteiger partial charge on any atom is -0.465 e. The van der Waals surface area contributed by atoms with Gasteiger partial charge in [-0.3, -0.25) is 9.69 Å². The van der Waals surface area contributed by atoms with E-state index in [4.69, 9.17) is 17.0 Å². The quantitative estimate of drug-likeness (QED) is 0.523. The van der Waals surface area contributed by atoms with Crippen LogP contribution in [0.4, 0.5) is 5.69 Å². The van der Waals surface area contributed by atoms with Gasteiger partial charge in [0.1, 0.15) is 5.70 Å². The Morgan fingerprint density at radius 1 is 1.16 bits per heavy atom. The monoisotopic (exact) mass is 352 g/mol. The third kappa shape index (κ3) is 3.29. The van der Waals surface area contributed by atoms with E-state index in [0.29, 0.717) is 27.6 Å². The summed E-state index contributed by atoms with van der Waals surface area (Å²) in [4.78, 5) is 26.1. The molecule has 1 N–H and O–H groups in total. The Bertz CT molecular complexity index is 888. The van der Waals surface area contributed by atoms with Gasteiger partial charge in [0.05, 0.1) is 18.4 Å². The number of hydrogen-bond donors (Lipinski definition) is 1. The van der Waals surface area contributed by atoms with Crippen molar-refractivity contribution in [1.29, 1.82) is 0 Å². The molecule has 6 heteroatoms. The van der Waals surface area contributed by atoms with Gasteiger partial charge in [0.25, 0.3) is 5.91 Å². The number of benzene rings is 2. The third-order valence-electron chi connectivity index (χ3n) is 3.84. The molecule has 25 heavy (non-hydrogen) atoms. The predicted octanol–water partition coefficient (Wildman–Crippen LogP) is 3.04. The lowest BCUT2D eigenvalue weighted by Gasteiger charge is -2.14. The number of rotatable bonds is 3. The van der Waals surface area contributed by atoms with E-state index in [2.05, 4.69) is 5.32 Å². The summed E-state index contributed by atoms with van der Waals surface area (Å²) in [5.74, 6) is -0.732. The van der Waals surface area contributed by atoms with Crippen LogP contribution < -0.4 is 10.2 Å². The lowest BCUT2D eigenvalue weighted by atomic mass is 10.1. The van der Waals surface area contributed by atoms with Crippen molar-refractivity contribution in [2.75, 3.05) is 12.0 Å². The molecule has 0 spiro atoms. The van der Waals surface area contributed by atoms with E-state index in [-0.39, 0.29) is 5.91 Å². The molecule has 2 aromatic rings. The SMILES string of the molecule is COC(=O)c1ccccc1/C=C1\NC(=S)N(c2ccc(C)cc2)C1=O. The van der Waals surface area contributed by atoms with Crippen LogP contribution in [0.15, 0.2) is 54.2 Å². The average Bonchev–Trinajstić information content (AvgIpc) is 2.89. The number of methoxy groups -OCH3 is 1. The zero-order valence-electron chi connectivity index (χ0n) is 13.8. The number of aryl methyl sites for hydroxylation is 1. The second-order valence-corrected chi connectivity index (χ2v) is 5.93. The van der Waals surface area contributed by atoms with Gasteiger partial charge in [-0.15, -0.1) is 0 Å². The number of hydrogen-bond acceptors (Lipinski definition) is 4. The first-order chi connectivity index (χ1) is 12.0. The molecule has 0 atom stereocenters. The first kappa shape index (κ1) is 16.9. The summed E-state index contributed by atoms with van der Waals surface area (Å²) in [6.45, 7) is 1.97. The number of carbonyl (C=O) groups is 2. The highest BCUT2D eigenvalue weighted by Crippen LogP contribution is 2.23. The topological polar surface area (TPSA) is 58.6 Å². The van der Waals surface area contributed by atoms with Crippen LogP contribution in [-0.2, 0) is 9.53 Å². The van der Waals surface area contributed by atoms with Crippen LogP contribution in [0.2, 0.25) is 0 Å². The van der Waals surface area contributed by atoms with E-state index in [1.165, 1.54) is 12.0 Å². The summed E-state index contributed by atoms with van der Waals surface area (Å²) in [5, 5.41) is 3.22. The maximum Gasteiger partial charge on any atom is 0.338 e. The molecule has 1 amide bonds. The Balaban J connectivity index is 1.96. The van der Waals surface area contributed by atoms with E-state index < -0.39 is 5.97 Å². The summed E-state index contributed by atoms with van der Waals surface area (Å²) < 4.78 is 4.78. The Morgan fingerprint density at radius 2 is 1.84 bits per heavy atom. The number of anilines is 1. The van der Waals surface area contributed by atoms with E-state index >= 15 is 0 Å². The molecule has 0 bridgehead atoms. The van der Waals surface area contributed by atoms with Gasteiger partial charge in [0, 0.05) is 0 Å². The molecule has 3 rings (SSSR count). The molecule has 0 aliphatic carbocycles. The average molecular weight is 352 g/mol. The highest BCUT2D eigenvalue weighted by molar-refractivity contribution is 7.80. The fourth-order valence-electron chi connectivity index (χ4n) is 2.54. The van der Waals surface area contributed by atoms with Crippen LogP contribution in [0.3, 0.4) is 0 Å².